The van der Waals surface area contributed by atoms with Crippen LogP contribution in [0.1, 0.15) is 18.1 Å². The lowest BCUT2D eigenvalue weighted by Gasteiger charge is -2.28. The van der Waals surface area contributed by atoms with E-state index in [4.69, 9.17) is 11.6 Å². The van der Waals surface area contributed by atoms with Crippen LogP contribution in [0.3, 0.4) is 0 Å². The number of carbonyl (C=O) groups excluding carboxylic acids is 1. The van der Waals surface area contributed by atoms with Crippen LogP contribution in [0, 0.1) is 0 Å². The summed E-state index contributed by atoms with van der Waals surface area (Å²) in [7, 11) is 0. The molecule has 0 spiro atoms. The van der Waals surface area contributed by atoms with Crippen molar-refractivity contribution in [2.24, 2.45) is 0 Å². The fraction of sp³-hybridized carbons (Fsp3) is 0.364. The van der Waals surface area contributed by atoms with Crippen LogP contribution in [0.2, 0.25) is 5.02 Å². The van der Waals surface area contributed by atoms with E-state index in [-0.39, 0.29) is 5.91 Å². The molecule has 0 N–H and O–H groups in total. The second kappa shape index (κ2) is 4.06. The predicted octanol–water partition coefficient (Wildman–Crippen LogP) is 2.53. The number of halogens is 1. The third kappa shape index (κ3) is 1.99. The summed E-state index contributed by atoms with van der Waals surface area (Å²) in [6, 6.07) is 3.95. The van der Waals surface area contributed by atoms with E-state index >= 15 is 0 Å². The van der Waals surface area contributed by atoms with E-state index in [9.17, 15) is 4.79 Å². The number of amides is 1. The monoisotopic (exact) mass is 241 g/mol. The number of carbonyl (C=O) groups is 1. The van der Waals surface area contributed by atoms with Crippen molar-refractivity contribution in [2.75, 3.05) is 6.54 Å². The number of hydrogen-bond donors (Lipinski definition) is 1. The number of benzene rings is 1. The lowest BCUT2D eigenvalue weighted by atomic mass is 10.00. The smallest absolute Gasteiger partial charge is 0.219 e. The number of fused-ring (bicyclic) bond motifs is 1. The van der Waals surface area contributed by atoms with Gasteiger partial charge in [-0.25, -0.2) is 0 Å². The largest absolute Gasteiger partial charge is 0.338 e. The van der Waals surface area contributed by atoms with E-state index in [2.05, 4.69) is 12.6 Å². The van der Waals surface area contributed by atoms with Crippen molar-refractivity contribution < 1.29 is 4.79 Å². The van der Waals surface area contributed by atoms with Crippen molar-refractivity contribution in [3.63, 3.8) is 0 Å². The first-order valence-electron chi connectivity index (χ1n) is 4.84. The molecule has 0 saturated heterocycles. The highest BCUT2D eigenvalue weighted by atomic mass is 35.5. The van der Waals surface area contributed by atoms with Crippen LogP contribution in [0.25, 0.3) is 0 Å². The van der Waals surface area contributed by atoms with Crippen LogP contribution in [0.15, 0.2) is 17.0 Å². The summed E-state index contributed by atoms with van der Waals surface area (Å²) >= 11 is 10.4. The summed E-state index contributed by atoms with van der Waals surface area (Å²) in [5, 5.41) is 0.682. The molecule has 15 heavy (non-hydrogen) atoms. The van der Waals surface area contributed by atoms with E-state index in [0.717, 1.165) is 23.4 Å². The molecule has 1 aromatic carbocycles. The number of nitrogens with zero attached hydrogens (tertiary/aromatic N) is 1. The van der Waals surface area contributed by atoms with Crippen molar-refractivity contribution >= 4 is 30.1 Å². The lowest BCUT2D eigenvalue weighted by Crippen LogP contribution is -2.34. The minimum atomic E-state index is 0.0984. The molecule has 1 amide bonds. The molecular formula is C11H12ClNOS. The van der Waals surface area contributed by atoms with Crippen molar-refractivity contribution in [1.29, 1.82) is 0 Å². The van der Waals surface area contributed by atoms with E-state index in [0.29, 0.717) is 11.6 Å². The molecule has 4 heteroatoms. The van der Waals surface area contributed by atoms with Gasteiger partial charge in [0.15, 0.2) is 0 Å². The zero-order valence-electron chi connectivity index (χ0n) is 8.46. The second-order valence-corrected chi connectivity index (χ2v) is 4.59. The van der Waals surface area contributed by atoms with Crippen LogP contribution in [-0.2, 0) is 17.8 Å². The zero-order chi connectivity index (χ0) is 11.0. The molecular weight excluding hydrogens is 230 g/mol. The Bertz CT molecular complexity index is 419. The summed E-state index contributed by atoms with van der Waals surface area (Å²) in [5.74, 6) is 0.0984. The average molecular weight is 242 g/mol. The van der Waals surface area contributed by atoms with Crippen LogP contribution in [0.4, 0.5) is 0 Å². The van der Waals surface area contributed by atoms with Gasteiger partial charge in [-0.2, -0.15) is 0 Å². The van der Waals surface area contributed by atoms with E-state index < -0.39 is 0 Å². The topological polar surface area (TPSA) is 20.3 Å². The molecule has 1 aliphatic heterocycles. The van der Waals surface area contributed by atoms with Crippen LogP contribution in [0.5, 0.6) is 0 Å². The number of hydrogen-bond acceptors (Lipinski definition) is 2. The molecule has 1 aliphatic rings. The molecule has 1 heterocycles. The Morgan fingerprint density at radius 2 is 2.27 bits per heavy atom. The van der Waals surface area contributed by atoms with Gasteiger partial charge in [0.25, 0.3) is 0 Å². The molecule has 0 saturated carbocycles. The van der Waals surface area contributed by atoms with Crippen LogP contribution >= 0.6 is 24.2 Å². The van der Waals surface area contributed by atoms with Crippen molar-refractivity contribution in [2.45, 2.75) is 24.8 Å². The summed E-state index contributed by atoms with van der Waals surface area (Å²) in [6.07, 6.45) is 0.878. The van der Waals surface area contributed by atoms with Crippen LogP contribution in [-0.4, -0.2) is 17.4 Å². The van der Waals surface area contributed by atoms with E-state index in [1.54, 1.807) is 11.8 Å². The second-order valence-electron chi connectivity index (χ2n) is 3.73. The quantitative estimate of drug-likeness (QED) is 0.693. The van der Waals surface area contributed by atoms with E-state index in [1.807, 2.05) is 12.1 Å². The highest BCUT2D eigenvalue weighted by molar-refractivity contribution is 7.80. The molecule has 2 nitrogen and oxygen atoms in total. The van der Waals surface area contributed by atoms with Gasteiger partial charge in [-0.1, -0.05) is 17.7 Å². The molecule has 0 atom stereocenters. The van der Waals surface area contributed by atoms with Crippen molar-refractivity contribution in [3.8, 4) is 0 Å². The Morgan fingerprint density at radius 3 is 2.93 bits per heavy atom. The lowest BCUT2D eigenvalue weighted by molar-refractivity contribution is -0.129. The Hall–Kier alpha value is -0.670. The Balaban J connectivity index is 2.39. The molecule has 0 fully saturated rings. The van der Waals surface area contributed by atoms with Gasteiger partial charge in [0.1, 0.15) is 0 Å². The molecule has 0 unspecified atom stereocenters. The average Bonchev–Trinajstić information content (AvgIpc) is 2.23. The molecule has 80 valence electrons. The maximum Gasteiger partial charge on any atom is 0.219 e. The van der Waals surface area contributed by atoms with Gasteiger partial charge in [0.2, 0.25) is 5.91 Å². The summed E-state index contributed by atoms with van der Waals surface area (Å²) < 4.78 is 0. The standard InChI is InChI=1S/C11H12ClNOS/c1-7(14)13-5-4-8-2-3-10(15)11(12)9(8)6-13/h2-3,15H,4-6H2,1H3. The highest BCUT2D eigenvalue weighted by Crippen LogP contribution is 2.31. The first-order valence-corrected chi connectivity index (χ1v) is 5.67. The Kier molecular flexibility index (Phi) is 2.94. The molecule has 1 aromatic rings. The third-order valence-corrected chi connectivity index (χ3v) is 3.70. The third-order valence-electron chi connectivity index (χ3n) is 2.77. The normalized spacial score (nSPS) is 15.0. The van der Waals surface area contributed by atoms with Gasteiger partial charge < -0.3 is 4.90 Å². The van der Waals surface area contributed by atoms with Crippen LogP contribution < -0.4 is 0 Å². The highest BCUT2D eigenvalue weighted by Gasteiger charge is 2.20. The maximum absolute atomic E-state index is 11.3. The molecule has 2 rings (SSSR count). The SMILES string of the molecule is CC(=O)N1CCc2ccc(S)c(Cl)c2C1. The van der Waals surface area contributed by atoms with Gasteiger partial charge in [-0.15, -0.1) is 12.6 Å². The maximum atomic E-state index is 11.3. The fourth-order valence-electron chi connectivity index (χ4n) is 1.85. The summed E-state index contributed by atoms with van der Waals surface area (Å²) in [5.41, 5.74) is 2.28. The molecule has 0 bridgehead atoms. The van der Waals surface area contributed by atoms with E-state index in [1.165, 1.54) is 5.56 Å². The minimum Gasteiger partial charge on any atom is -0.338 e. The Morgan fingerprint density at radius 1 is 1.53 bits per heavy atom. The van der Waals surface area contributed by atoms with Gasteiger partial charge in [0, 0.05) is 24.9 Å². The minimum absolute atomic E-state index is 0.0984. The van der Waals surface area contributed by atoms with Crippen molar-refractivity contribution in [3.05, 3.63) is 28.3 Å². The summed E-state index contributed by atoms with van der Waals surface area (Å²) in [4.78, 5) is 13.9. The fourth-order valence-corrected chi connectivity index (χ4v) is 2.30. The van der Waals surface area contributed by atoms with Gasteiger partial charge in [-0.3, -0.25) is 4.79 Å². The Labute approximate surface area is 99.6 Å². The van der Waals surface area contributed by atoms with Gasteiger partial charge >= 0.3 is 0 Å². The van der Waals surface area contributed by atoms with Crippen molar-refractivity contribution in [1.82, 2.24) is 4.90 Å². The van der Waals surface area contributed by atoms with Gasteiger partial charge in [-0.05, 0) is 23.6 Å². The predicted molar refractivity (Wildman–Crippen MR) is 63.5 cm³/mol. The zero-order valence-corrected chi connectivity index (χ0v) is 10.1. The molecule has 0 aromatic heterocycles. The molecule has 0 aliphatic carbocycles. The number of thiol groups is 1. The molecule has 0 radical (unpaired) electrons. The first-order chi connectivity index (χ1) is 7.09. The number of rotatable bonds is 0. The summed E-state index contributed by atoms with van der Waals surface area (Å²) in [6.45, 7) is 2.98. The van der Waals surface area contributed by atoms with Gasteiger partial charge in [0.05, 0.1) is 5.02 Å². The first kappa shape index (κ1) is 10.8.